The van der Waals surface area contributed by atoms with Crippen LogP contribution in [-0.2, 0) is 13.2 Å². The number of benzene rings is 3. The summed E-state index contributed by atoms with van der Waals surface area (Å²) < 4.78 is 24.3. The Morgan fingerprint density at radius 3 is 2.50 bits per heavy atom. The molecule has 8 heteroatoms. The number of ether oxygens (including phenoxy) is 2. The molecule has 0 fully saturated rings. The number of aromatic carboxylic acids is 1. The van der Waals surface area contributed by atoms with Crippen LogP contribution in [0.2, 0.25) is 10.0 Å². The van der Waals surface area contributed by atoms with E-state index < -0.39 is 11.8 Å². The van der Waals surface area contributed by atoms with Crippen LogP contribution in [0.4, 0.5) is 10.1 Å². The van der Waals surface area contributed by atoms with Crippen molar-refractivity contribution in [2.45, 2.75) is 13.2 Å². The van der Waals surface area contributed by atoms with E-state index in [1.54, 1.807) is 24.3 Å². The van der Waals surface area contributed by atoms with Crippen molar-refractivity contribution in [1.82, 2.24) is 0 Å². The van der Waals surface area contributed by atoms with Gasteiger partial charge in [0.05, 0.1) is 22.7 Å². The summed E-state index contributed by atoms with van der Waals surface area (Å²) in [7, 11) is 1.54. The topological polar surface area (TPSA) is 67.8 Å². The van der Waals surface area contributed by atoms with Gasteiger partial charge in [-0.1, -0.05) is 35.3 Å². The van der Waals surface area contributed by atoms with E-state index in [1.807, 2.05) is 12.1 Å². The Morgan fingerprint density at radius 2 is 1.83 bits per heavy atom. The van der Waals surface area contributed by atoms with Gasteiger partial charge in [-0.2, -0.15) is 0 Å². The highest BCUT2D eigenvalue weighted by Gasteiger charge is 2.10. The fourth-order valence-electron chi connectivity index (χ4n) is 2.74. The van der Waals surface area contributed by atoms with Gasteiger partial charge in [-0.15, -0.1) is 0 Å². The Bertz CT molecular complexity index is 1070. The van der Waals surface area contributed by atoms with Crippen molar-refractivity contribution in [3.8, 4) is 11.5 Å². The predicted molar refractivity (Wildman–Crippen MR) is 114 cm³/mol. The van der Waals surface area contributed by atoms with Gasteiger partial charge in [-0.3, -0.25) is 0 Å². The Hall–Kier alpha value is -2.96. The average Bonchev–Trinajstić information content (AvgIpc) is 2.71. The third-order valence-corrected chi connectivity index (χ3v) is 4.99. The monoisotopic (exact) mass is 449 g/mol. The zero-order valence-electron chi connectivity index (χ0n) is 15.9. The molecule has 0 aliphatic heterocycles. The second kappa shape index (κ2) is 9.69. The van der Waals surface area contributed by atoms with Crippen molar-refractivity contribution in [2.75, 3.05) is 12.4 Å². The Morgan fingerprint density at radius 1 is 1.03 bits per heavy atom. The van der Waals surface area contributed by atoms with Crippen LogP contribution >= 0.6 is 23.2 Å². The average molecular weight is 450 g/mol. The van der Waals surface area contributed by atoms with E-state index in [1.165, 1.54) is 25.3 Å². The first kappa shape index (κ1) is 21.7. The first-order chi connectivity index (χ1) is 14.4. The molecule has 0 aliphatic rings. The van der Waals surface area contributed by atoms with Crippen molar-refractivity contribution >= 4 is 34.9 Å². The van der Waals surface area contributed by atoms with Gasteiger partial charge in [0.25, 0.3) is 0 Å². The summed E-state index contributed by atoms with van der Waals surface area (Å²) in [6, 6.07) is 14.3. The van der Waals surface area contributed by atoms with E-state index in [-0.39, 0.29) is 17.2 Å². The molecule has 2 N–H and O–H groups in total. The zero-order valence-corrected chi connectivity index (χ0v) is 17.4. The van der Waals surface area contributed by atoms with E-state index >= 15 is 0 Å². The first-order valence-corrected chi connectivity index (χ1v) is 9.63. The zero-order chi connectivity index (χ0) is 21.7. The normalized spacial score (nSPS) is 10.5. The molecule has 0 bridgehead atoms. The minimum Gasteiger partial charge on any atom is -0.493 e. The lowest BCUT2D eigenvalue weighted by atomic mass is 10.1. The molecule has 30 heavy (non-hydrogen) atoms. The van der Waals surface area contributed by atoms with Crippen LogP contribution < -0.4 is 14.8 Å². The highest BCUT2D eigenvalue weighted by atomic mass is 35.5. The summed E-state index contributed by atoms with van der Waals surface area (Å²) in [5.74, 6) is -0.423. The fourth-order valence-corrected chi connectivity index (χ4v) is 3.22. The van der Waals surface area contributed by atoms with Crippen LogP contribution in [0.15, 0.2) is 54.6 Å². The van der Waals surface area contributed by atoms with Gasteiger partial charge in [0.2, 0.25) is 0 Å². The van der Waals surface area contributed by atoms with Crippen molar-refractivity contribution in [1.29, 1.82) is 0 Å². The Balaban J connectivity index is 1.66. The number of anilines is 1. The number of hydrogen-bond donors (Lipinski definition) is 2. The standard InChI is InChI=1S/C22H18Cl2FNO4/c1-29-21-8-13(11-26-16-5-6-17(22(27)28)19(24)10-16)2-7-20(21)30-12-14-3-4-15(25)9-18(14)23/h2-10,26H,11-12H2,1H3,(H,27,28). The molecule has 0 saturated heterocycles. The van der Waals surface area contributed by atoms with Crippen molar-refractivity contribution in [2.24, 2.45) is 0 Å². The van der Waals surface area contributed by atoms with Gasteiger partial charge in [0.15, 0.2) is 11.5 Å². The summed E-state index contributed by atoms with van der Waals surface area (Å²) in [6.07, 6.45) is 0. The van der Waals surface area contributed by atoms with Gasteiger partial charge in [0, 0.05) is 17.8 Å². The van der Waals surface area contributed by atoms with Crippen molar-refractivity contribution in [3.05, 3.63) is 87.2 Å². The summed E-state index contributed by atoms with van der Waals surface area (Å²) in [5.41, 5.74) is 2.31. The minimum absolute atomic E-state index is 0.0478. The lowest BCUT2D eigenvalue weighted by Crippen LogP contribution is -2.03. The summed E-state index contributed by atoms with van der Waals surface area (Å²) in [4.78, 5) is 11.0. The number of rotatable bonds is 8. The lowest BCUT2D eigenvalue weighted by molar-refractivity contribution is 0.0697. The van der Waals surface area contributed by atoms with Crippen LogP contribution in [0.3, 0.4) is 0 Å². The Kier molecular flexibility index (Phi) is 7.03. The van der Waals surface area contributed by atoms with Crippen LogP contribution in [-0.4, -0.2) is 18.2 Å². The first-order valence-electron chi connectivity index (χ1n) is 8.87. The molecule has 3 rings (SSSR count). The van der Waals surface area contributed by atoms with Gasteiger partial charge < -0.3 is 19.9 Å². The molecular weight excluding hydrogens is 432 g/mol. The molecule has 0 radical (unpaired) electrons. The number of carbonyl (C=O) groups is 1. The van der Waals surface area contributed by atoms with Crippen LogP contribution in [0, 0.1) is 5.82 Å². The smallest absolute Gasteiger partial charge is 0.337 e. The highest BCUT2D eigenvalue weighted by Crippen LogP contribution is 2.30. The van der Waals surface area contributed by atoms with Gasteiger partial charge >= 0.3 is 5.97 Å². The number of nitrogens with one attached hydrogen (secondary N) is 1. The number of methoxy groups -OCH3 is 1. The molecule has 156 valence electrons. The maximum Gasteiger partial charge on any atom is 0.337 e. The van der Waals surface area contributed by atoms with E-state index in [0.29, 0.717) is 34.3 Å². The summed E-state index contributed by atoms with van der Waals surface area (Å²) in [6.45, 7) is 0.630. The number of carboxylic acid groups (broad SMARTS) is 1. The molecule has 0 amide bonds. The molecule has 0 atom stereocenters. The molecule has 0 heterocycles. The molecular formula is C22H18Cl2FNO4. The maximum absolute atomic E-state index is 13.2. The van der Waals surface area contributed by atoms with E-state index in [4.69, 9.17) is 37.8 Å². The second-order valence-electron chi connectivity index (χ2n) is 6.36. The maximum atomic E-state index is 13.2. The van der Waals surface area contributed by atoms with E-state index in [0.717, 1.165) is 5.56 Å². The summed E-state index contributed by atoms with van der Waals surface area (Å²) in [5, 5.41) is 12.7. The lowest BCUT2D eigenvalue weighted by Gasteiger charge is -2.14. The van der Waals surface area contributed by atoms with Crippen LogP contribution in [0.5, 0.6) is 11.5 Å². The fraction of sp³-hybridized carbons (Fsp3) is 0.136. The molecule has 0 unspecified atom stereocenters. The van der Waals surface area contributed by atoms with Gasteiger partial charge in [0.1, 0.15) is 12.4 Å². The molecule has 0 aliphatic carbocycles. The molecule has 0 spiro atoms. The number of carboxylic acids is 1. The van der Waals surface area contributed by atoms with Crippen LogP contribution in [0.25, 0.3) is 0 Å². The quantitative estimate of drug-likeness (QED) is 0.439. The van der Waals surface area contributed by atoms with Gasteiger partial charge in [-0.05, 0) is 48.0 Å². The summed E-state index contributed by atoms with van der Waals surface area (Å²) >= 11 is 12.0. The predicted octanol–water partition coefficient (Wildman–Crippen LogP) is 6.03. The number of hydrogen-bond acceptors (Lipinski definition) is 4. The molecule has 3 aromatic rings. The molecule has 3 aromatic carbocycles. The van der Waals surface area contributed by atoms with Crippen molar-refractivity contribution in [3.63, 3.8) is 0 Å². The largest absolute Gasteiger partial charge is 0.493 e. The van der Waals surface area contributed by atoms with Gasteiger partial charge in [-0.25, -0.2) is 9.18 Å². The molecule has 0 saturated carbocycles. The molecule has 0 aromatic heterocycles. The SMILES string of the molecule is COc1cc(CNc2ccc(C(=O)O)c(Cl)c2)ccc1OCc1ccc(F)cc1Cl. The van der Waals surface area contributed by atoms with E-state index in [9.17, 15) is 9.18 Å². The minimum atomic E-state index is -1.08. The van der Waals surface area contributed by atoms with E-state index in [2.05, 4.69) is 5.32 Å². The van der Waals surface area contributed by atoms with Crippen molar-refractivity contribution < 1.29 is 23.8 Å². The third kappa shape index (κ3) is 5.34. The second-order valence-corrected chi connectivity index (χ2v) is 7.18. The number of halogens is 3. The Labute approximate surface area is 183 Å². The van der Waals surface area contributed by atoms with Crippen LogP contribution in [0.1, 0.15) is 21.5 Å². The third-order valence-electron chi connectivity index (χ3n) is 4.32. The highest BCUT2D eigenvalue weighted by molar-refractivity contribution is 6.33. The molecule has 5 nitrogen and oxygen atoms in total.